The first-order chi connectivity index (χ1) is 6.75. The van der Waals surface area contributed by atoms with Gasteiger partial charge in [-0.3, -0.25) is 4.79 Å². The molecule has 0 saturated carbocycles. The number of carbonyl (C=O) groups is 1. The second-order valence-electron chi connectivity index (χ2n) is 3.98. The molecule has 1 amide bonds. The van der Waals surface area contributed by atoms with Crippen LogP contribution in [0.4, 0.5) is 0 Å². The predicted molar refractivity (Wildman–Crippen MR) is 58.4 cm³/mol. The van der Waals surface area contributed by atoms with E-state index in [1.165, 1.54) is 4.88 Å². The van der Waals surface area contributed by atoms with Crippen LogP contribution in [0.1, 0.15) is 18.2 Å². The lowest BCUT2D eigenvalue weighted by molar-refractivity contribution is -0.127. The average molecular weight is 209 g/mol. The fourth-order valence-electron chi connectivity index (χ4n) is 1.89. The second kappa shape index (κ2) is 4.13. The molecule has 2 nitrogen and oxygen atoms in total. The van der Waals surface area contributed by atoms with Gasteiger partial charge in [0.1, 0.15) is 0 Å². The largest absolute Gasteiger partial charge is 0.342 e. The molecule has 1 saturated heterocycles. The van der Waals surface area contributed by atoms with Gasteiger partial charge in [0.05, 0.1) is 0 Å². The third kappa shape index (κ3) is 2.15. The first-order valence-corrected chi connectivity index (χ1v) is 5.94. The number of hydrogen-bond donors (Lipinski definition) is 0. The molecule has 76 valence electrons. The number of carbonyl (C=O) groups excluding carboxylic acids is 1. The summed E-state index contributed by atoms with van der Waals surface area (Å²) in [5.74, 6) is 0.875. The zero-order valence-electron chi connectivity index (χ0n) is 8.40. The van der Waals surface area contributed by atoms with Gasteiger partial charge in [0, 0.05) is 24.4 Å². The van der Waals surface area contributed by atoms with Crippen molar-refractivity contribution in [3.05, 3.63) is 22.4 Å². The Morgan fingerprint density at radius 1 is 1.64 bits per heavy atom. The molecular weight excluding hydrogens is 194 g/mol. The van der Waals surface area contributed by atoms with E-state index in [9.17, 15) is 4.79 Å². The summed E-state index contributed by atoms with van der Waals surface area (Å²) in [5, 5.41) is 2.09. The van der Waals surface area contributed by atoms with Gasteiger partial charge in [-0.15, -0.1) is 11.3 Å². The van der Waals surface area contributed by atoms with E-state index in [4.69, 9.17) is 0 Å². The zero-order chi connectivity index (χ0) is 9.97. The molecule has 1 aromatic heterocycles. The molecule has 1 aliphatic heterocycles. The van der Waals surface area contributed by atoms with Crippen LogP contribution in [0.25, 0.3) is 0 Å². The van der Waals surface area contributed by atoms with Crippen LogP contribution in [-0.2, 0) is 11.2 Å². The van der Waals surface area contributed by atoms with Crippen LogP contribution in [-0.4, -0.2) is 23.9 Å². The van der Waals surface area contributed by atoms with Gasteiger partial charge >= 0.3 is 0 Å². The summed E-state index contributed by atoms with van der Waals surface area (Å²) >= 11 is 1.77. The molecule has 3 heteroatoms. The van der Waals surface area contributed by atoms with E-state index in [1.54, 1.807) is 11.3 Å². The van der Waals surface area contributed by atoms with Gasteiger partial charge in [-0.2, -0.15) is 0 Å². The number of amides is 1. The molecule has 2 heterocycles. The highest BCUT2D eigenvalue weighted by Crippen LogP contribution is 2.18. The summed E-state index contributed by atoms with van der Waals surface area (Å²) in [6.45, 7) is 3.98. The Morgan fingerprint density at radius 2 is 2.50 bits per heavy atom. The Hall–Kier alpha value is -0.830. The molecule has 0 N–H and O–H groups in total. The van der Waals surface area contributed by atoms with Crippen LogP contribution in [0.2, 0.25) is 0 Å². The molecule has 0 aromatic carbocycles. The summed E-state index contributed by atoms with van der Waals surface area (Å²) < 4.78 is 0. The maximum Gasteiger partial charge on any atom is 0.222 e. The topological polar surface area (TPSA) is 20.3 Å². The highest BCUT2D eigenvalue weighted by Gasteiger charge is 2.25. The lowest BCUT2D eigenvalue weighted by Crippen LogP contribution is -2.27. The van der Waals surface area contributed by atoms with E-state index < -0.39 is 0 Å². The third-order valence-corrected chi connectivity index (χ3v) is 3.55. The second-order valence-corrected chi connectivity index (χ2v) is 5.01. The van der Waals surface area contributed by atoms with E-state index in [2.05, 4.69) is 24.4 Å². The first-order valence-electron chi connectivity index (χ1n) is 5.06. The summed E-state index contributed by atoms with van der Waals surface area (Å²) in [4.78, 5) is 14.8. The Labute approximate surface area is 88.5 Å². The van der Waals surface area contributed by atoms with Crippen molar-refractivity contribution in [2.24, 2.45) is 5.92 Å². The maximum absolute atomic E-state index is 11.5. The van der Waals surface area contributed by atoms with Gasteiger partial charge in [-0.1, -0.05) is 13.0 Å². The van der Waals surface area contributed by atoms with Gasteiger partial charge in [0.2, 0.25) is 5.91 Å². The molecule has 0 radical (unpaired) electrons. The molecule has 14 heavy (non-hydrogen) atoms. The standard InChI is InChI=1S/C11H15NOS/c1-9-7-11(13)12(8-9)5-4-10-3-2-6-14-10/h2-3,6,9H,4-5,7-8H2,1H3. The monoisotopic (exact) mass is 209 g/mol. The molecule has 1 unspecified atom stereocenters. The minimum absolute atomic E-state index is 0.328. The van der Waals surface area contributed by atoms with Crippen molar-refractivity contribution in [2.75, 3.05) is 13.1 Å². The van der Waals surface area contributed by atoms with Crippen LogP contribution in [0.15, 0.2) is 17.5 Å². The zero-order valence-corrected chi connectivity index (χ0v) is 9.22. The van der Waals surface area contributed by atoms with Gasteiger partial charge in [-0.05, 0) is 23.8 Å². The van der Waals surface area contributed by atoms with E-state index in [1.807, 2.05) is 4.90 Å². The Bertz CT molecular complexity index is 307. The van der Waals surface area contributed by atoms with Crippen LogP contribution >= 0.6 is 11.3 Å². The SMILES string of the molecule is CC1CC(=O)N(CCc2cccs2)C1. The number of thiophene rings is 1. The number of likely N-dealkylation sites (tertiary alicyclic amines) is 1. The average Bonchev–Trinajstić information content (AvgIpc) is 2.72. The summed E-state index contributed by atoms with van der Waals surface area (Å²) in [5.41, 5.74) is 0. The number of hydrogen-bond acceptors (Lipinski definition) is 2. The quantitative estimate of drug-likeness (QED) is 0.747. The van der Waals surface area contributed by atoms with Crippen molar-refractivity contribution >= 4 is 17.2 Å². The normalized spacial score (nSPS) is 21.9. The fourth-order valence-corrected chi connectivity index (χ4v) is 2.58. The third-order valence-electron chi connectivity index (χ3n) is 2.62. The van der Waals surface area contributed by atoms with Crippen molar-refractivity contribution in [1.82, 2.24) is 4.90 Å². The minimum Gasteiger partial charge on any atom is -0.342 e. The summed E-state index contributed by atoms with van der Waals surface area (Å²) in [7, 11) is 0. The Kier molecular flexibility index (Phi) is 2.87. The Morgan fingerprint density at radius 3 is 3.07 bits per heavy atom. The van der Waals surface area contributed by atoms with E-state index in [-0.39, 0.29) is 0 Å². The fraction of sp³-hybridized carbons (Fsp3) is 0.545. The van der Waals surface area contributed by atoms with Crippen molar-refractivity contribution in [3.8, 4) is 0 Å². The van der Waals surface area contributed by atoms with E-state index >= 15 is 0 Å². The van der Waals surface area contributed by atoms with E-state index in [0.29, 0.717) is 11.8 Å². The molecule has 0 bridgehead atoms. The van der Waals surface area contributed by atoms with Crippen LogP contribution in [0.5, 0.6) is 0 Å². The Balaban J connectivity index is 1.84. The van der Waals surface area contributed by atoms with Crippen LogP contribution in [0, 0.1) is 5.92 Å². The predicted octanol–water partition coefficient (Wildman–Crippen LogP) is 2.16. The molecule has 1 aromatic rings. The lowest BCUT2D eigenvalue weighted by atomic mass is 10.2. The summed E-state index contributed by atoms with van der Waals surface area (Å²) in [6, 6.07) is 4.20. The van der Waals surface area contributed by atoms with E-state index in [0.717, 1.165) is 25.9 Å². The highest BCUT2D eigenvalue weighted by atomic mass is 32.1. The minimum atomic E-state index is 0.328. The number of nitrogens with zero attached hydrogens (tertiary/aromatic N) is 1. The van der Waals surface area contributed by atoms with Crippen molar-refractivity contribution in [1.29, 1.82) is 0 Å². The van der Waals surface area contributed by atoms with Crippen molar-refractivity contribution < 1.29 is 4.79 Å². The molecule has 1 fully saturated rings. The first kappa shape index (κ1) is 9.71. The molecule has 0 aliphatic carbocycles. The number of rotatable bonds is 3. The molecule has 2 rings (SSSR count). The maximum atomic E-state index is 11.5. The molecule has 1 atom stereocenters. The smallest absolute Gasteiger partial charge is 0.222 e. The van der Waals surface area contributed by atoms with Crippen LogP contribution < -0.4 is 0 Å². The summed E-state index contributed by atoms with van der Waals surface area (Å²) in [6.07, 6.45) is 1.75. The van der Waals surface area contributed by atoms with Crippen molar-refractivity contribution in [3.63, 3.8) is 0 Å². The van der Waals surface area contributed by atoms with Gasteiger partial charge in [0.15, 0.2) is 0 Å². The molecule has 0 spiro atoms. The van der Waals surface area contributed by atoms with Gasteiger partial charge in [-0.25, -0.2) is 0 Å². The highest BCUT2D eigenvalue weighted by molar-refractivity contribution is 7.09. The van der Waals surface area contributed by atoms with Crippen molar-refractivity contribution in [2.45, 2.75) is 19.8 Å². The molecular formula is C11H15NOS. The van der Waals surface area contributed by atoms with Gasteiger partial charge in [0.25, 0.3) is 0 Å². The van der Waals surface area contributed by atoms with Gasteiger partial charge < -0.3 is 4.90 Å². The molecule has 1 aliphatic rings. The van der Waals surface area contributed by atoms with Crippen LogP contribution in [0.3, 0.4) is 0 Å². The lowest BCUT2D eigenvalue weighted by Gasteiger charge is -2.14.